The first kappa shape index (κ1) is 13.7. The van der Waals surface area contributed by atoms with E-state index in [4.69, 9.17) is 5.11 Å². The van der Waals surface area contributed by atoms with Crippen LogP contribution < -0.4 is 4.90 Å². The van der Waals surface area contributed by atoms with Gasteiger partial charge in [0.1, 0.15) is 0 Å². The van der Waals surface area contributed by atoms with Gasteiger partial charge in [0.05, 0.1) is 0 Å². The summed E-state index contributed by atoms with van der Waals surface area (Å²) in [6.45, 7) is 6.63. The number of carboxylic acids is 1. The number of aliphatic carboxylic acids is 1. The molecule has 0 unspecified atom stereocenters. The van der Waals surface area contributed by atoms with E-state index < -0.39 is 5.97 Å². The van der Waals surface area contributed by atoms with Crippen molar-refractivity contribution >= 4 is 17.7 Å². The fraction of sp³-hybridized carbons (Fsp3) is 0.438. The van der Waals surface area contributed by atoms with Crippen LogP contribution in [-0.2, 0) is 4.79 Å². The van der Waals surface area contributed by atoms with E-state index >= 15 is 0 Å². The molecule has 2 rings (SSSR count). The third kappa shape index (κ3) is 3.60. The second-order valence-corrected chi connectivity index (χ2v) is 5.92. The zero-order valence-electron chi connectivity index (χ0n) is 11.6. The van der Waals surface area contributed by atoms with E-state index in [-0.39, 0.29) is 0 Å². The fourth-order valence-corrected chi connectivity index (χ4v) is 2.71. The van der Waals surface area contributed by atoms with Crippen molar-refractivity contribution in [1.82, 2.24) is 0 Å². The summed E-state index contributed by atoms with van der Waals surface area (Å²) in [7, 11) is 0. The number of hydrogen-bond acceptors (Lipinski definition) is 2. The predicted octanol–water partition coefficient (Wildman–Crippen LogP) is 3.41. The maximum Gasteiger partial charge on any atom is 0.328 e. The minimum Gasteiger partial charge on any atom is -0.478 e. The summed E-state index contributed by atoms with van der Waals surface area (Å²) in [4.78, 5) is 13.0. The fourth-order valence-electron chi connectivity index (χ4n) is 2.71. The summed E-state index contributed by atoms with van der Waals surface area (Å²) in [6, 6.07) is 7.99. The van der Waals surface area contributed by atoms with Crippen molar-refractivity contribution in [1.29, 1.82) is 0 Å². The predicted molar refractivity (Wildman–Crippen MR) is 78.3 cm³/mol. The minimum atomic E-state index is -0.909. The lowest BCUT2D eigenvalue weighted by Crippen LogP contribution is -2.40. The molecule has 3 nitrogen and oxygen atoms in total. The van der Waals surface area contributed by atoms with Gasteiger partial charge in [-0.25, -0.2) is 4.79 Å². The first-order valence-corrected chi connectivity index (χ1v) is 6.73. The lowest BCUT2D eigenvalue weighted by molar-refractivity contribution is -0.131. The Labute approximate surface area is 114 Å². The summed E-state index contributed by atoms with van der Waals surface area (Å²) in [5, 5.41) is 8.76. The van der Waals surface area contributed by atoms with E-state index in [1.54, 1.807) is 6.08 Å². The number of benzene rings is 1. The number of hydrogen-bond donors (Lipinski definition) is 1. The van der Waals surface area contributed by atoms with Crippen molar-refractivity contribution < 1.29 is 9.90 Å². The molecule has 0 bridgehead atoms. The number of nitrogens with zero attached hydrogens (tertiary/aromatic N) is 1. The Morgan fingerprint density at radius 3 is 2.79 bits per heavy atom. The average molecular weight is 259 g/mol. The molecule has 19 heavy (non-hydrogen) atoms. The molecule has 102 valence electrons. The van der Waals surface area contributed by atoms with Gasteiger partial charge in [0.2, 0.25) is 0 Å². The number of rotatable bonds is 3. The Hall–Kier alpha value is -1.77. The van der Waals surface area contributed by atoms with Crippen LogP contribution in [0.3, 0.4) is 0 Å². The molecule has 0 radical (unpaired) electrons. The summed E-state index contributed by atoms with van der Waals surface area (Å²) >= 11 is 0. The van der Waals surface area contributed by atoms with E-state index in [1.807, 2.05) is 18.2 Å². The third-order valence-corrected chi connectivity index (χ3v) is 3.58. The van der Waals surface area contributed by atoms with Gasteiger partial charge in [-0.2, -0.15) is 0 Å². The molecule has 0 atom stereocenters. The number of para-hydroxylation sites is 1. The van der Waals surface area contributed by atoms with E-state index in [0.29, 0.717) is 5.41 Å². The van der Waals surface area contributed by atoms with Crippen LogP contribution >= 0.6 is 0 Å². The minimum absolute atomic E-state index is 0.321. The van der Waals surface area contributed by atoms with Gasteiger partial charge in [-0.1, -0.05) is 32.0 Å². The van der Waals surface area contributed by atoms with Crippen LogP contribution in [0.25, 0.3) is 6.08 Å². The molecular formula is C16H21NO2. The average Bonchev–Trinajstić information content (AvgIpc) is 2.35. The highest BCUT2D eigenvalue weighted by atomic mass is 16.4. The van der Waals surface area contributed by atoms with Crippen molar-refractivity contribution in [3.63, 3.8) is 0 Å². The van der Waals surface area contributed by atoms with E-state index in [1.165, 1.54) is 18.9 Å². The van der Waals surface area contributed by atoms with Crippen LogP contribution in [0, 0.1) is 5.41 Å². The van der Waals surface area contributed by atoms with Gasteiger partial charge in [0.15, 0.2) is 0 Å². The molecule has 1 aliphatic rings. The first-order valence-electron chi connectivity index (χ1n) is 6.73. The van der Waals surface area contributed by atoms with Gasteiger partial charge >= 0.3 is 5.97 Å². The monoisotopic (exact) mass is 259 g/mol. The quantitative estimate of drug-likeness (QED) is 0.846. The molecule has 1 aromatic rings. The summed E-state index contributed by atoms with van der Waals surface area (Å²) in [5.41, 5.74) is 2.43. The molecule has 1 heterocycles. The molecule has 3 heteroatoms. The molecule has 1 aromatic carbocycles. The van der Waals surface area contributed by atoms with Gasteiger partial charge in [0, 0.05) is 24.9 Å². The van der Waals surface area contributed by atoms with Crippen LogP contribution in [0.5, 0.6) is 0 Å². The molecule has 1 aliphatic heterocycles. The maximum absolute atomic E-state index is 10.7. The molecular weight excluding hydrogens is 238 g/mol. The van der Waals surface area contributed by atoms with Crippen LogP contribution in [-0.4, -0.2) is 24.2 Å². The maximum atomic E-state index is 10.7. The standard InChI is InChI=1S/C16H21NO2/c1-16(2)10-5-11-17(12-16)14-7-4-3-6-13(14)8-9-15(18)19/h3-4,6-9H,5,10-12H2,1-2H3,(H,18,19). The van der Waals surface area contributed by atoms with Gasteiger partial charge < -0.3 is 10.0 Å². The summed E-state index contributed by atoms with van der Waals surface area (Å²) < 4.78 is 0. The lowest BCUT2D eigenvalue weighted by atomic mass is 9.84. The number of carbonyl (C=O) groups is 1. The number of piperidine rings is 1. The van der Waals surface area contributed by atoms with Crippen molar-refractivity contribution in [2.75, 3.05) is 18.0 Å². The highest BCUT2D eigenvalue weighted by Gasteiger charge is 2.27. The van der Waals surface area contributed by atoms with E-state index in [2.05, 4.69) is 24.8 Å². The third-order valence-electron chi connectivity index (χ3n) is 3.58. The first-order chi connectivity index (χ1) is 8.98. The highest BCUT2D eigenvalue weighted by Crippen LogP contribution is 2.33. The zero-order valence-corrected chi connectivity index (χ0v) is 11.6. The Morgan fingerprint density at radius 1 is 1.37 bits per heavy atom. The van der Waals surface area contributed by atoms with Crippen molar-refractivity contribution in [2.45, 2.75) is 26.7 Å². The van der Waals surface area contributed by atoms with Crippen molar-refractivity contribution in [3.05, 3.63) is 35.9 Å². The molecule has 1 N–H and O–H groups in total. The van der Waals surface area contributed by atoms with Crippen molar-refractivity contribution in [2.24, 2.45) is 5.41 Å². The molecule has 0 saturated carbocycles. The Kier molecular flexibility index (Phi) is 3.93. The normalized spacial score (nSPS) is 18.7. The van der Waals surface area contributed by atoms with Crippen LogP contribution in [0.1, 0.15) is 32.3 Å². The Morgan fingerprint density at radius 2 is 2.11 bits per heavy atom. The topological polar surface area (TPSA) is 40.5 Å². The molecule has 0 spiro atoms. The van der Waals surface area contributed by atoms with Crippen LogP contribution in [0.2, 0.25) is 0 Å². The van der Waals surface area contributed by atoms with E-state index in [0.717, 1.165) is 24.3 Å². The molecule has 0 aliphatic carbocycles. The SMILES string of the molecule is CC1(C)CCCN(c2ccccc2C=CC(=O)O)C1. The smallest absolute Gasteiger partial charge is 0.328 e. The van der Waals surface area contributed by atoms with Crippen LogP contribution in [0.15, 0.2) is 30.3 Å². The van der Waals surface area contributed by atoms with Gasteiger partial charge in [0.25, 0.3) is 0 Å². The van der Waals surface area contributed by atoms with Crippen molar-refractivity contribution in [3.8, 4) is 0 Å². The second kappa shape index (κ2) is 5.47. The van der Waals surface area contributed by atoms with E-state index in [9.17, 15) is 4.79 Å². The van der Waals surface area contributed by atoms with Gasteiger partial charge in [-0.3, -0.25) is 0 Å². The summed E-state index contributed by atoms with van der Waals surface area (Å²) in [5.74, 6) is -0.909. The molecule has 1 saturated heterocycles. The Balaban J connectivity index is 2.26. The number of carboxylic acid groups (broad SMARTS) is 1. The van der Waals surface area contributed by atoms with Gasteiger partial charge in [-0.05, 0) is 36.0 Å². The second-order valence-electron chi connectivity index (χ2n) is 5.92. The molecule has 1 fully saturated rings. The molecule has 0 aromatic heterocycles. The molecule has 0 amide bonds. The Bertz CT molecular complexity index is 491. The largest absolute Gasteiger partial charge is 0.478 e. The number of anilines is 1. The zero-order chi connectivity index (χ0) is 13.9. The summed E-state index contributed by atoms with van der Waals surface area (Å²) in [6.07, 6.45) is 5.31. The van der Waals surface area contributed by atoms with Crippen LogP contribution in [0.4, 0.5) is 5.69 Å². The lowest BCUT2D eigenvalue weighted by Gasteiger charge is -2.40. The highest BCUT2D eigenvalue weighted by molar-refractivity contribution is 5.87. The van der Waals surface area contributed by atoms with Gasteiger partial charge in [-0.15, -0.1) is 0 Å².